The minimum absolute atomic E-state index is 0.408. The number of thiocarbonyl (C=S) groups is 1. The number of unbranched alkanes of at least 4 members (excludes halogenated alkanes) is 1. The van der Waals surface area contributed by atoms with E-state index in [4.69, 9.17) is 17.0 Å². The Morgan fingerprint density at radius 3 is 2.13 bits per heavy atom. The summed E-state index contributed by atoms with van der Waals surface area (Å²) in [5.41, 5.74) is -0.473. The van der Waals surface area contributed by atoms with Crippen molar-refractivity contribution in [2.24, 2.45) is 0 Å². The second kappa shape index (κ2) is 12.4. The molecule has 136 valence electrons. The molecule has 23 heavy (non-hydrogen) atoms. The molecule has 0 fully saturated rings. The van der Waals surface area contributed by atoms with Gasteiger partial charge in [-0.2, -0.15) is 0 Å². The van der Waals surface area contributed by atoms with Gasteiger partial charge in [-0.3, -0.25) is 0 Å². The zero-order valence-corrected chi connectivity index (χ0v) is 16.1. The SMILES string of the molecule is CCN(CC)CCCCNC(=S)NCCNC(=O)OC(C)(C)C. The van der Waals surface area contributed by atoms with Crippen molar-refractivity contribution in [3.63, 3.8) is 0 Å². The summed E-state index contributed by atoms with van der Waals surface area (Å²) in [5, 5.41) is 9.54. The minimum atomic E-state index is -0.473. The molecule has 3 N–H and O–H groups in total. The fraction of sp³-hybridized carbons (Fsp3) is 0.875. The number of amides is 1. The van der Waals surface area contributed by atoms with Crippen LogP contribution in [0, 0.1) is 0 Å². The van der Waals surface area contributed by atoms with Crippen LogP contribution in [0.25, 0.3) is 0 Å². The van der Waals surface area contributed by atoms with Gasteiger partial charge in [0.25, 0.3) is 0 Å². The lowest BCUT2D eigenvalue weighted by Gasteiger charge is -2.20. The molecule has 6 nitrogen and oxygen atoms in total. The monoisotopic (exact) mass is 346 g/mol. The van der Waals surface area contributed by atoms with Crippen molar-refractivity contribution in [1.29, 1.82) is 0 Å². The largest absolute Gasteiger partial charge is 0.444 e. The molecule has 0 aromatic rings. The maximum absolute atomic E-state index is 11.4. The number of rotatable bonds is 10. The summed E-state index contributed by atoms with van der Waals surface area (Å²) in [6, 6.07) is 0. The molecular weight excluding hydrogens is 312 g/mol. The van der Waals surface area contributed by atoms with Crippen LogP contribution in [-0.4, -0.2) is 61.0 Å². The van der Waals surface area contributed by atoms with Gasteiger partial charge in [-0.15, -0.1) is 0 Å². The van der Waals surface area contributed by atoms with E-state index in [0.717, 1.165) is 39.0 Å². The normalized spacial score (nSPS) is 11.2. The first kappa shape index (κ1) is 21.9. The molecule has 0 unspecified atom stereocenters. The molecule has 0 rings (SSSR count). The van der Waals surface area contributed by atoms with Gasteiger partial charge in [-0.1, -0.05) is 13.8 Å². The first-order valence-corrected chi connectivity index (χ1v) is 8.90. The lowest BCUT2D eigenvalue weighted by Crippen LogP contribution is -2.41. The van der Waals surface area contributed by atoms with Gasteiger partial charge in [0.15, 0.2) is 5.11 Å². The lowest BCUT2D eigenvalue weighted by molar-refractivity contribution is 0.0529. The average molecular weight is 347 g/mol. The van der Waals surface area contributed by atoms with Crippen LogP contribution in [-0.2, 0) is 4.74 Å². The van der Waals surface area contributed by atoms with E-state index in [9.17, 15) is 4.79 Å². The zero-order valence-electron chi connectivity index (χ0n) is 15.3. The van der Waals surface area contributed by atoms with Gasteiger partial charge in [0, 0.05) is 19.6 Å². The van der Waals surface area contributed by atoms with E-state index in [2.05, 4.69) is 34.7 Å². The Morgan fingerprint density at radius 1 is 1.00 bits per heavy atom. The molecule has 0 aliphatic carbocycles. The Kier molecular flexibility index (Phi) is 11.8. The second-order valence-electron chi connectivity index (χ2n) is 6.35. The van der Waals surface area contributed by atoms with Crippen molar-refractivity contribution in [2.45, 2.75) is 53.1 Å². The highest BCUT2D eigenvalue weighted by Gasteiger charge is 2.15. The number of hydrogen-bond donors (Lipinski definition) is 3. The van der Waals surface area contributed by atoms with E-state index in [1.807, 2.05) is 20.8 Å². The van der Waals surface area contributed by atoms with Gasteiger partial charge >= 0.3 is 6.09 Å². The van der Waals surface area contributed by atoms with Crippen LogP contribution in [0.2, 0.25) is 0 Å². The summed E-state index contributed by atoms with van der Waals surface area (Å²) in [4.78, 5) is 13.9. The van der Waals surface area contributed by atoms with Gasteiger partial charge < -0.3 is 25.6 Å². The predicted molar refractivity (Wildman–Crippen MR) is 99.9 cm³/mol. The Balaban J connectivity index is 3.52. The molecule has 0 heterocycles. The highest BCUT2D eigenvalue weighted by atomic mass is 32.1. The van der Waals surface area contributed by atoms with Crippen LogP contribution in [0.5, 0.6) is 0 Å². The summed E-state index contributed by atoms with van der Waals surface area (Å²) in [6.07, 6.45) is 1.85. The molecule has 0 saturated carbocycles. The quantitative estimate of drug-likeness (QED) is 0.416. The molecule has 0 spiro atoms. The number of ether oxygens (including phenoxy) is 1. The van der Waals surface area contributed by atoms with Gasteiger partial charge in [-0.25, -0.2) is 4.79 Å². The second-order valence-corrected chi connectivity index (χ2v) is 6.75. The number of nitrogens with one attached hydrogen (secondary N) is 3. The van der Waals surface area contributed by atoms with Gasteiger partial charge in [0.05, 0.1) is 0 Å². The molecule has 0 bridgehead atoms. The number of alkyl carbamates (subject to hydrolysis) is 1. The molecule has 0 saturated heterocycles. The van der Waals surface area contributed by atoms with E-state index in [-0.39, 0.29) is 0 Å². The first-order valence-electron chi connectivity index (χ1n) is 8.49. The topological polar surface area (TPSA) is 65.6 Å². The maximum Gasteiger partial charge on any atom is 0.407 e. The third kappa shape index (κ3) is 14.3. The fourth-order valence-electron chi connectivity index (χ4n) is 1.92. The highest BCUT2D eigenvalue weighted by molar-refractivity contribution is 7.80. The van der Waals surface area contributed by atoms with Crippen LogP contribution in [0.4, 0.5) is 4.79 Å². The van der Waals surface area contributed by atoms with Crippen molar-refractivity contribution in [3.8, 4) is 0 Å². The maximum atomic E-state index is 11.4. The summed E-state index contributed by atoms with van der Waals surface area (Å²) in [5.74, 6) is 0. The number of carbonyl (C=O) groups is 1. The molecule has 0 radical (unpaired) electrons. The molecule has 0 aromatic heterocycles. The van der Waals surface area contributed by atoms with Crippen LogP contribution in [0.3, 0.4) is 0 Å². The molecule has 0 atom stereocenters. The van der Waals surface area contributed by atoms with Gasteiger partial charge in [0.1, 0.15) is 5.60 Å². The van der Waals surface area contributed by atoms with E-state index in [1.54, 1.807) is 0 Å². The summed E-state index contributed by atoms with van der Waals surface area (Å²) >= 11 is 5.19. The highest BCUT2D eigenvalue weighted by Crippen LogP contribution is 2.05. The third-order valence-corrected chi connectivity index (χ3v) is 3.45. The van der Waals surface area contributed by atoms with Crippen LogP contribution in [0.1, 0.15) is 47.5 Å². The van der Waals surface area contributed by atoms with Crippen LogP contribution in [0.15, 0.2) is 0 Å². The van der Waals surface area contributed by atoms with Crippen molar-refractivity contribution < 1.29 is 9.53 Å². The molecule has 0 aliphatic rings. The van der Waals surface area contributed by atoms with Crippen molar-refractivity contribution in [3.05, 3.63) is 0 Å². The standard InChI is InChI=1S/C16H34N4O2S/c1-6-20(7-2)13-9-8-10-17-14(23)18-11-12-19-15(21)22-16(3,4)5/h6-13H2,1-5H3,(H,19,21)(H2,17,18,23). The van der Waals surface area contributed by atoms with Crippen LogP contribution < -0.4 is 16.0 Å². The number of nitrogens with zero attached hydrogens (tertiary/aromatic N) is 1. The average Bonchev–Trinajstić information content (AvgIpc) is 2.45. The Labute approximate surface area is 146 Å². The van der Waals surface area contributed by atoms with E-state index in [1.165, 1.54) is 0 Å². The minimum Gasteiger partial charge on any atom is -0.444 e. The molecular formula is C16H34N4O2S. The van der Waals surface area contributed by atoms with Crippen molar-refractivity contribution >= 4 is 23.4 Å². The van der Waals surface area contributed by atoms with Crippen molar-refractivity contribution in [2.75, 3.05) is 39.3 Å². The summed E-state index contributed by atoms with van der Waals surface area (Å²) in [7, 11) is 0. The number of hydrogen-bond acceptors (Lipinski definition) is 4. The Morgan fingerprint density at radius 2 is 1.57 bits per heavy atom. The van der Waals surface area contributed by atoms with E-state index >= 15 is 0 Å². The zero-order chi connectivity index (χ0) is 17.7. The van der Waals surface area contributed by atoms with E-state index < -0.39 is 11.7 Å². The summed E-state index contributed by atoms with van der Waals surface area (Å²) < 4.78 is 5.14. The van der Waals surface area contributed by atoms with E-state index in [0.29, 0.717) is 18.2 Å². The smallest absolute Gasteiger partial charge is 0.407 e. The molecule has 0 aromatic carbocycles. The first-order chi connectivity index (χ1) is 10.8. The number of carbonyl (C=O) groups excluding carboxylic acids is 1. The van der Waals surface area contributed by atoms with Crippen molar-refractivity contribution in [1.82, 2.24) is 20.9 Å². The lowest BCUT2D eigenvalue weighted by atomic mass is 10.2. The van der Waals surface area contributed by atoms with Gasteiger partial charge in [-0.05, 0) is 65.5 Å². The van der Waals surface area contributed by atoms with Gasteiger partial charge in [0.2, 0.25) is 0 Å². The third-order valence-electron chi connectivity index (χ3n) is 3.16. The molecule has 7 heteroatoms. The summed E-state index contributed by atoms with van der Waals surface area (Å²) in [6.45, 7) is 15.1. The predicted octanol–water partition coefficient (Wildman–Crippen LogP) is 2.10. The Hall–Kier alpha value is -1.08. The molecule has 1 amide bonds. The Bertz CT molecular complexity index is 341. The molecule has 0 aliphatic heterocycles. The van der Waals surface area contributed by atoms with Crippen LogP contribution >= 0.6 is 12.2 Å². The fourth-order valence-corrected chi connectivity index (χ4v) is 2.12.